The molecule has 0 bridgehead atoms. The Morgan fingerprint density at radius 2 is 1.70 bits per heavy atom. The molecule has 2 nitrogen and oxygen atoms in total. The summed E-state index contributed by atoms with van der Waals surface area (Å²) in [6.45, 7) is 4.80. The second kappa shape index (κ2) is 5.37. The first-order valence-corrected chi connectivity index (χ1v) is 11.2. The number of carbonyl (C=O) groups excluding carboxylic acids is 1. The summed E-state index contributed by atoms with van der Waals surface area (Å²) in [5.74, 6) is 0.0865. The molecule has 0 spiro atoms. The molecule has 1 aliphatic heterocycles. The second-order valence-electron chi connectivity index (χ2n) is 4.90. The van der Waals surface area contributed by atoms with E-state index in [1.807, 2.05) is 33.4 Å². The predicted molar refractivity (Wildman–Crippen MR) is 90.8 cm³/mol. The summed E-state index contributed by atoms with van der Waals surface area (Å²) < 4.78 is 2.96. The van der Waals surface area contributed by atoms with Crippen LogP contribution in [-0.2, 0) is 6.54 Å². The molecule has 0 saturated carbocycles. The van der Waals surface area contributed by atoms with Gasteiger partial charge < -0.3 is 0 Å². The van der Waals surface area contributed by atoms with Crippen molar-refractivity contribution in [3.05, 3.63) is 68.3 Å². The first-order chi connectivity index (χ1) is 9.59. The monoisotopic (exact) mass is 399 g/mol. The van der Waals surface area contributed by atoms with E-state index in [-0.39, 0.29) is 5.91 Å². The van der Waals surface area contributed by atoms with Crippen molar-refractivity contribution in [3.63, 3.8) is 0 Å². The summed E-state index contributed by atoms with van der Waals surface area (Å²) in [6.07, 6.45) is 0. The molecule has 20 heavy (non-hydrogen) atoms. The summed E-state index contributed by atoms with van der Waals surface area (Å²) in [6, 6.07) is 14.0. The standard InChI is InChI=1S/C16H15ClINO/c1-11-6-5-7-12(2)14(11)10-19-16(20)13-8-3-4-9-15(13)18(19)17/h3-9H,10H2,1-2H3. The van der Waals surface area contributed by atoms with Gasteiger partial charge in [-0.1, -0.05) is 0 Å². The topological polar surface area (TPSA) is 20.3 Å². The van der Waals surface area contributed by atoms with Crippen LogP contribution in [0.5, 0.6) is 0 Å². The Labute approximate surface area is 130 Å². The van der Waals surface area contributed by atoms with Crippen LogP contribution in [0.4, 0.5) is 0 Å². The average Bonchev–Trinajstić information content (AvgIpc) is 2.68. The first-order valence-electron chi connectivity index (χ1n) is 6.42. The number of benzene rings is 2. The van der Waals surface area contributed by atoms with Crippen LogP contribution in [0.2, 0.25) is 0 Å². The normalized spacial score (nSPS) is 15.7. The van der Waals surface area contributed by atoms with E-state index in [4.69, 9.17) is 8.91 Å². The third-order valence-corrected chi connectivity index (χ3v) is 9.38. The van der Waals surface area contributed by atoms with Crippen LogP contribution < -0.4 is 0 Å². The van der Waals surface area contributed by atoms with Crippen molar-refractivity contribution in [1.29, 1.82) is 0 Å². The molecule has 1 aliphatic rings. The fraction of sp³-hybridized carbons (Fsp3) is 0.188. The van der Waals surface area contributed by atoms with E-state index in [1.54, 1.807) is 0 Å². The summed E-state index contributed by atoms with van der Waals surface area (Å²) in [5, 5.41) is 0. The van der Waals surface area contributed by atoms with Gasteiger partial charge in [-0.15, -0.1) is 0 Å². The molecule has 0 aliphatic carbocycles. The number of rotatable bonds is 2. The Hall–Kier alpha value is -1.07. The molecule has 0 saturated heterocycles. The van der Waals surface area contributed by atoms with Gasteiger partial charge in [-0.2, -0.15) is 0 Å². The number of nitrogens with zero attached hydrogens (tertiary/aromatic N) is 1. The fourth-order valence-electron chi connectivity index (χ4n) is 2.44. The van der Waals surface area contributed by atoms with Crippen LogP contribution in [0, 0.1) is 17.4 Å². The summed E-state index contributed by atoms with van der Waals surface area (Å²) in [4.78, 5) is 12.5. The van der Waals surface area contributed by atoms with Crippen molar-refractivity contribution in [2.45, 2.75) is 20.4 Å². The van der Waals surface area contributed by atoms with Crippen LogP contribution >= 0.6 is 27.9 Å². The van der Waals surface area contributed by atoms with Gasteiger partial charge in [-0.3, -0.25) is 0 Å². The first kappa shape index (κ1) is 13.9. The zero-order valence-electron chi connectivity index (χ0n) is 11.4. The number of aryl methyl sites for hydroxylation is 2. The number of amides is 1. The number of fused-ring (bicyclic) bond motifs is 1. The molecular formula is C16H15ClINO. The Kier molecular flexibility index (Phi) is 3.73. The second-order valence-corrected chi connectivity index (χ2v) is 10.3. The molecule has 3 rings (SSSR count). The van der Waals surface area contributed by atoms with Gasteiger partial charge in [0.25, 0.3) is 0 Å². The van der Waals surface area contributed by atoms with Crippen LogP contribution in [0.1, 0.15) is 27.0 Å². The van der Waals surface area contributed by atoms with Gasteiger partial charge in [0, 0.05) is 0 Å². The van der Waals surface area contributed by atoms with E-state index >= 15 is 0 Å². The van der Waals surface area contributed by atoms with Crippen LogP contribution in [0.3, 0.4) is 0 Å². The maximum atomic E-state index is 12.5. The van der Waals surface area contributed by atoms with Gasteiger partial charge in [0.1, 0.15) is 0 Å². The van der Waals surface area contributed by atoms with Gasteiger partial charge in [0.2, 0.25) is 0 Å². The summed E-state index contributed by atoms with van der Waals surface area (Å²) in [7, 11) is 6.62. The molecule has 0 atom stereocenters. The molecule has 1 amide bonds. The predicted octanol–water partition coefficient (Wildman–Crippen LogP) is 4.70. The zero-order chi connectivity index (χ0) is 14.3. The molecule has 0 fully saturated rings. The molecule has 2 aromatic rings. The number of hydrogen-bond donors (Lipinski definition) is 0. The molecule has 2 aromatic carbocycles. The Bertz CT molecular complexity index is 666. The van der Waals surface area contributed by atoms with Crippen LogP contribution in [0.25, 0.3) is 0 Å². The van der Waals surface area contributed by atoms with Gasteiger partial charge in [-0.05, 0) is 0 Å². The van der Waals surface area contributed by atoms with E-state index in [9.17, 15) is 4.79 Å². The van der Waals surface area contributed by atoms with E-state index in [0.717, 1.165) is 9.13 Å². The van der Waals surface area contributed by atoms with Crippen molar-refractivity contribution in [2.24, 2.45) is 0 Å². The third kappa shape index (κ3) is 2.23. The van der Waals surface area contributed by atoms with Crippen molar-refractivity contribution < 1.29 is 4.79 Å². The van der Waals surface area contributed by atoms with Crippen molar-refractivity contribution in [2.75, 3.05) is 0 Å². The zero-order valence-corrected chi connectivity index (χ0v) is 14.3. The van der Waals surface area contributed by atoms with Gasteiger partial charge in [-0.25, -0.2) is 0 Å². The molecule has 0 N–H and O–H groups in total. The minimum absolute atomic E-state index is 0.0865. The Morgan fingerprint density at radius 1 is 1.05 bits per heavy atom. The average molecular weight is 400 g/mol. The fourth-order valence-corrected chi connectivity index (χ4v) is 7.27. The third-order valence-electron chi connectivity index (χ3n) is 3.61. The van der Waals surface area contributed by atoms with E-state index in [2.05, 4.69) is 26.0 Å². The molecular weight excluding hydrogens is 385 g/mol. The molecule has 1 heterocycles. The van der Waals surface area contributed by atoms with Gasteiger partial charge in [0.05, 0.1) is 0 Å². The van der Waals surface area contributed by atoms with E-state index < -0.39 is 19.0 Å². The molecule has 0 unspecified atom stereocenters. The molecule has 104 valence electrons. The summed E-state index contributed by atoms with van der Waals surface area (Å²) in [5.41, 5.74) is 4.44. The minimum atomic E-state index is -2.07. The molecule has 0 radical (unpaired) electrons. The SMILES string of the molecule is Cc1cccc(C)c1CN1C(=O)c2ccccc2I1Cl. The van der Waals surface area contributed by atoms with Crippen molar-refractivity contribution in [3.8, 4) is 0 Å². The van der Waals surface area contributed by atoms with Gasteiger partial charge >= 0.3 is 130 Å². The molecule has 4 heteroatoms. The molecule has 0 aromatic heterocycles. The van der Waals surface area contributed by atoms with Crippen LogP contribution in [0.15, 0.2) is 42.5 Å². The number of halogens is 2. The number of hydrogen-bond acceptors (Lipinski definition) is 1. The van der Waals surface area contributed by atoms with E-state index in [1.165, 1.54) is 16.7 Å². The van der Waals surface area contributed by atoms with E-state index in [0.29, 0.717) is 6.54 Å². The quantitative estimate of drug-likeness (QED) is 0.529. The van der Waals surface area contributed by atoms with Gasteiger partial charge in [0.15, 0.2) is 0 Å². The van der Waals surface area contributed by atoms with Crippen molar-refractivity contribution in [1.82, 2.24) is 3.11 Å². The van der Waals surface area contributed by atoms with Crippen molar-refractivity contribution >= 4 is 33.8 Å². The van der Waals surface area contributed by atoms with Crippen LogP contribution in [-0.4, -0.2) is 9.02 Å². The summed E-state index contributed by atoms with van der Waals surface area (Å²) >= 11 is -2.07. The maximum absolute atomic E-state index is 12.5. The number of carbonyl (C=O) groups is 1. The Balaban J connectivity index is 1.96. The Morgan fingerprint density at radius 3 is 2.35 bits per heavy atom.